The van der Waals surface area contributed by atoms with Gasteiger partial charge in [-0.05, 0) is 131 Å². The van der Waals surface area contributed by atoms with Crippen LogP contribution < -0.4 is 53.2 Å². The Hall–Kier alpha value is -7.72. The van der Waals surface area contributed by atoms with Crippen molar-refractivity contribution in [2.45, 2.75) is 167 Å². The molecule has 2 aliphatic heterocycles. The molecule has 0 spiro atoms. The van der Waals surface area contributed by atoms with Crippen molar-refractivity contribution in [3.05, 3.63) is 106 Å². The standard InChI is InChI=1S/C62H86N12O10/c1-35(63-9)53(77)71-51(61(3,4)5)59(83)73-33-41(29-47(73)57(81)69-45-26-16-20-37-18-11-13-24-43(37)45)67-49(75)31-65-55(79)39-22-15-23-40(28-39)56(80)66-32-50(76)68-42-30-48(58(82)70-46-27-17-21-38-19-12-14-25-44(38)46)74(34-42)60(84)52(62(6,7)8)72-54(78)36(2)64-10/h11-15,18-19,22-25,28,35-36,41-42,45-48,51-52,63-64H,16-17,20-21,26-27,29-34H2,1-10H3,(H,65,79)(H,66,80)(H,67,75)(H,68,76)(H,69,81)(H,70,82)(H,71,77)(H,72,78)/t35-,36-,41-,42-,45+,46+,47-,48?,51?,52?/m0/s1. The number of likely N-dealkylation sites (tertiary alicyclic amines) is 2. The molecule has 22 nitrogen and oxygen atoms in total. The molecule has 3 aromatic carbocycles. The number of amides is 10. The molecule has 22 heteroatoms. The maximum atomic E-state index is 14.6. The molecule has 0 saturated carbocycles. The maximum absolute atomic E-state index is 14.6. The summed E-state index contributed by atoms with van der Waals surface area (Å²) in [4.78, 5) is 141. The van der Waals surface area contributed by atoms with E-state index in [-0.39, 0.29) is 61.0 Å². The van der Waals surface area contributed by atoms with Crippen molar-refractivity contribution in [3.63, 3.8) is 0 Å². The third-order valence-corrected chi connectivity index (χ3v) is 16.5. The third kappa shape index (κ3) is 15.9. The second-order valence-corrected chi connectivity index (χ2v) is 24.9. The first kappa shape index (κ1) is 63.9. The zero-order valence-corrected chi connectivity index (χ0v) is 50.2. The molecule has 2 heterocycles. The van der Waals surface area contributed by atoms with Crippen LogP contribution in [0.25, 0.3) is 0 Å². The van der Waals surface area contributed by atoms with Crippen molar-refractivity contribution in [2.75, 3.05) is 40.3 Å². The Kier molecular flexibility index (Phi) is 21.1. The predicted molar refractivity (Wildman–Crippen MR) is 316 cm³/mol. The van der Waals surface area contributed by atoms with Gasteiger partial charge in [-0.15, -0.1) is 0 Å². The summed E-state index contributed by atoms with van der Waals surface area (Å²) in [5.41, 5.74) is 2.89. The Bertz CT molecular complexity index is 2760. The van der Waals surface area contributed by atoms with Crippen LogP contribution >= 0.6 is 0 Å². The van der Waals surface area contributed by atoms with Gasteiger partial charge in [-0.25, -0.2) is 0 Å². The van der Waals surface area contributed by atoms with E-state index in [0.29, 0.717) is 12.8 Å². The number of rotatable bonds is 20. The van der Waals surface area contributed by atoms with Gasteiger partial charge in [0.15, 0.2) is 0 Å². The zero-order chi connectivity index (χ0) is 61.2. The summed E-state index contributed by atoms with van der Waals surface area (Å²) >= 11 is 0. The molecule has 3 unspecified atom stereocenters. The van der Waals surface area contributed by atoms with Gasteiger partial charge in [-0.3, -0.25) is 47.9 Å². The zero-order valence-electron chi connectivity index (χ0n) is 50.2. The van der Waals surface area contributed by atoms with E-state index < -0.39 is 120 Å². The van der Waals surface area contributed by atoms with E-state index in [9.17, 15) is 47.9 Å². The molecule has 10 N–H and O–H groups in total. The van der Waals surface area contributed by atoms with Gasteiger partial charge in [0.1, 0.15) is 24.2 Å². The number of carbonyl (C=O) groups is 10. The highest BCUT2D eigenvalue weighted by Gasteiger charge is 2.48. The normalized spacial score (nSPS) is 21.6. The lowest BCUT2D eigenvalue weighted by molar-refractivity contribution is -0.144. The average Bonchev–Trinajstić information content (AvgIpc) is 3.22. The highest BCUT2D eigenvalue weighted by atomic mass is 16.2. The van der Waals surface area contributed by atoms with Gasteiger partial charge in [0.2, 0.25) is 47.3 Å². The lowest BCUT2D eigenvalue weighted by Gasteiger charge is -2.36. The molecule has 0 radical (unpaired) electrons. The monoisotopic (exact) mass is 1160 g/mol. The molecule has 84 heavy (non-hydrogen) atoms. The summed E-state index contributed by atoms with van der Waals surface area (Å²) in [5.74, 6) is -5.06. The molecule has 0 aromatic heterocycles. The molecule has 2 aliphatic carbocycles. The molecule has 3 aromatic rings. The van der Waals surface area contributed by atoms with Crippen molar-refractivity contribution in [2.24, 2.45) is 10.8 Å². The van der Waals surface area contributed by atoms with Crippen molar-refractivity contribution in [1.82, 2.24) is 63.0 Å². The molecule has 10 amide bonds. The van der Waals surface area contributed by atoms with Gasteiger partial charge >= 0.3 is 0 Å². The van der Waals surface area contributed by atoms with Crippen LogP contribution in [0.15, 0.2) is 72.8 Å². The van der Waals surface area contributed by atoms with Crippen LogP contribution in [0, 0.1) is 10.8 Å². The van der Waals surface area contributed by atoms with E-state index in [1.807, 2.05) is 90.1 Å². The van der Waals surface area contributed by atoms with Gasteiger partial charge in [0.25, 0.3) is 11.8 Å². The van der Waals surface area contributed by atoms with Gasteiger partial charge in [0.05, 0.1) is 37.3 Å². The number of benzene rings is 3. The van der Waals surface area contributed by atoms with Gasteiger partial charge < -0.3 is 63.0 Å². The van der Waals surface area contributed by atoms with E-state index in [0.717, 1.165) is 47.9 Å². The number of nitrogens with zero attached hydrogens (tertiary/aromatic N) is 2. The number of hydrogen-bond acceptors (Lipinski definition) is 12. The first-order chi connectivity index (χ1) is 39.8. The number of aryl methyl sites for hydroxylation is 2. The van der Waals surface area contributed by atoms with Crippen LogP contribution in [0.2, 0.25) is 0 Å². The molecule has 10 atom stereocenters. The molecule has 0 bridgehead atoms. The van der Waals surface area contributed by atoms with Crippen LogP contribution in [0.1, 0.15) is 149 Å². The number of nitrogens with one attached hydrogen (secondary N) is 10. The summed E-state index contributed by atoms with van der Waals surface area (Å²) in [7, 11) is 3.27. The first-order valence-corrected chi connectivity index (χ1v) is 29.4. The Morgan fingerprint density at radius 1 is 0.524 bits per heavy atom. The molecule has 2 saturated heterocycles. The smallest absolute Gasteiger partial charge is 0.251 e. The molecular formula is C62H86N12O10. The minimum atomic E-state index is -1.01. The quantitative estimate of drug-likeness (QED) is 0.0778. The summed E-state index contributed by atoms with van der Waals surface area (Å²) in [5, 5.41) is 28.8. The van der Waals surface area contributed by atoms with E-state index in [1.54, 1.807) is 27.9 Å². The molecule has 4 aliphatic rings. The highest BCUT2D eigenvalue weighted by molar-refractivity contribution is 6.02. The molecule has 2 fully saturated rings. The highest BCUT2D eigenvalue weighted by Crippen LogP contribution is 2.34. The minimum Gasteiger partial charge on any atom is -0.350 e. The SMILES string of the molecule is CN[C@@H](C)C(=O)NC(C(=O)N1C[C@@H](NC(=O)CNC(=O)c2cccc(C(=O)NCC(=O)N[C@H]3C[C@@H](C(=O)N[C@@H]4CCCc5ccccc54)N(C(=O)C(NC(=O)[C@H](C)NC)C(C)(C)C)C3)c2)CC1C(=O)N[C@@H]1CCCc2ccccc21)C(C)(C)C. The van der Waals surface area contributed by atoms with E-state index in [4.69, 9.17) is 0 Å². The second-order valence-electron chi connectivity index (χ2n) is 24.9. The summed E-state index contributed by atoms with van der Waals surface area (Å²) < 4.78 is 0. The number of likely N-dealkylation sites (N-methyl/N-ethyl adjacent to an activating group) is 2. The summed E-state index contributed by atoms with van der Waals surface area (Å²) in [6.45, 7) is 13.2. The van der Waals surface area contributed by atoms with Crippen LogP contribution in [0.5, 0.6) is 0 Å². The lowest BCUT2D eigenvalue weighted by Crippen LogP contribution is -2.59. The first-order valence-electron chi connectivity index (χ1n) is 29.4. The molecular weight excluding hydrogens is 1070 g/mol. The number of hydrogen-bond donors (Lipinski definition) is 10. The van der Waals surface area contributed by atoms with Crippen LogP contribution in [0.4, 0.5) is 0 Å². The van der Waals surface area contributed by atoms with Crippen molar-refractivity contribution in [3.8, 4) is 0 Å². The van der Waals surface area contributed by atoms with Crippen LogP contribution in [-0.4, -0.2) is 157 Å². The van der Waals surface area contributed by atoms with Gasteiger partial charge in [-0.1, -0.05) is 96.1 Å². The van der Waals surface area contributed by atoms with Gasteiger partial charge in [0, 0.05) is 36.3 Å². The van der Waals surface area contributed by atoms with Crippen molar-refractivity contribution in [1.29, 1.82) is 0 Å². The van der Waals surface area contributed by atoms with Gasteiger partial charge in [-0.2, -0.15) is 0 Å². The Morgan fingerprint density at radius 2 is 0.905 bits per heavy atom. The van der Waals surface area contributed by atoms with E-state index in [2.05, 4.69) is 53.2 Å². The fraction of sp³-hybridized carbons (Fsp3) is 0.548. The topological polar surface area (TPSA) is 297 Å². The van der Waals surface area contributed by atoms with Crippen LogP contribution in [0.3, 0.4) is 0 Å². The maximum Gasteiger partial charge on any atom is 0.251 e. The largest absolute Gasteiger partial charge is 0.350 e. The number of fused-ring (bicyclic) bond motifs is 2. The summed E-state index contributed by atoms with van der Waals surface area (Å²) in [6, 6.07) is 14.4. The molecule has 7 rings (SSSR count). The summed E-state index contributed by atoms with van der Waals surface area (Å²) in [6.07, 6.45) is 5.07. The minimum absolute atomic E-state index is 0.0423. The lowest BCUT2D eigenvalue weighted by atomic mass is 9.85. The Balaban J connectivity index is 0.959. The Labute approximate surface area is 492 Å². The third-order valence-electron chi connectivity index (χ3n) is 16.5. The number of carbonyl (C=O) groups excluding carboxylic acids is 10. The Morgan fingerprint density at radius 3 is 1.27 bits per heavy atom. The second kappa shape index (κ2) is 27.8. The van der Waals surface area contributed by atoms with E-state index in [1.165, 1.54) is 34.1 Å². The van der Waals surface area contributed by atoms with E-state index >= 15 is 0 Å². The fourth-order valence-electron chi connectivity index (χ4n) is 11.5. The van der Waals surface area contributed by atoms with Crippen molar-refractivity contribution < 1.29 is 47.9 Å². The van der Waals surface area contributed by atoms with Crippen molar-refractivity contribution >= 4 is 59.1 Å². The fourth-order valence-corrected chi connectivity index (χ4v) is 11.5. The average molecular weight is 1160 g/mol. The van der Waals surface area contributed by atoms with Crippen LogP contribution in [-0.2, 0) is 51.2 Å². The predicted octanol–water partition coefficient (Wildman–Crippen LogP) is 1.98. The molecule has 454 valence electrons.